The largest absolute Gasteiger partial charge is 0.486 e. The van der Waals surface area contributed by atoms with Crippen LogP contribution in [0.1, 0.15) is 28.3 Å². The third kappa shape index (κ3) is 4.24. The fourth-order valence-electron chi connectivity index (χ4n) is 2.30. The summed E-state index contributed by atoms with van der Waals surface area (Å²) in [4.78, 5) is 28.1. The van der Waals surface area contributed by atoms with E-state index in [1.54, 1.807) is 29.6 Å². The quantitative estimate of drug-likeness (QED) is 0.852. The van der Waals surface area contributed by atoms with E-state index in [9.17, 15) is 9.59 Å². The Morgan fingerprint density at radius 2 is 2.21 bits per heavy atom. The average Bonchev–Trinajstić information content (AvgIpc) is 3.06. The van der Waals surface area contributed by atoms with Gasteiger partial charge in [0.1, 0.15) is 29.1 Å². The standard InChI is InChI=1S/C16H16ClN3O3S/c17-10-3-5-11(6-4-10)23-8-14-19-13(9-24-14)16(22)20-12-2-1-7-18-15(12)21/h3-6,9,12H,1-2,7-8H2,(H,18,21)(H,20,22)/t12-/m0/s1. The summed E-state index contributed by atoms with van der Waals surface area (Å²) >= 11 is 7.16. The lowest BCUT2D eigenvalue weighted by Crippen LogP contribution is -2.50. The van der Waals surface area contributed by atoms with Gasteiger partial charge in [0.15, 0.2) is 0 Å². The molecular formula is C16H16ClN3O3S. The smallest absolute Gasteiger partial charge is 0.271 e. The van der Waals surface area contributed by atoms with Crippen LogP contribution < -0.4 is 15.4 Å². The number of benzene rings is 1. The zero-order chi connectivity index (χ0) is 16.9. The first-order chi connectivity index (χ1) is 11.6. The monoisotopic (exact) mass is 365 g/mol. The molecule has 1 atom stereocenters. The van der Waals surface area contributed by atoms with E-state index < -0.39 is 6.04 Å². The molecule has 1 saturated heterocycles. The van der Waals surface area contributed by atoms with Crippen LogP contribution in [-0.2, 0) is 11.4 Å². The highest BCUT2D eigenvalue weighted by atomic mass is 35.5. The van der Waals surface area contributed by atoms with Crippen molar-refractivity contribution in [3.05, 3.63) is 45.4 Å². The lowest BCUT2D eigenvalue weighted by molar-refractivity contribution is -0.124. The molecule has 0 unspecified atom stereocenters. The van der Waals surface area contributed by atoms with Crippen LogP contribution in [0.2, 0.25) is 5.02 Å². The molecule has 0 bridgehead atoms. The average molecular weight is 366 g/mol. The normalized spacial score (nSPS) is 17.2. The third-order valence-corrected chi connectivity index (χ3v) is 4.63. The van der Waals surface area contributed by atoms with Gasteiger partial charge in [-0.25, -0.2) is 4.98 Å². The highest BCUT2D eigenvalue weighted by Crippen LogP contribution is 2.18. The predicted molar refractivity (Wildman–Crippen MR) is 91.4 cm³/mol. The number of aromatic nitrogens is 1. The molecule has 126 valence electrons. The number of thiazole rings is 1. The van der Waals surface area contributed by atoms with Crippen LogP contribution in [0.15, 0.2) is 29.6 Å². The minimum Gasteiger partial charge on any atom is -0.486 e. The van der Waals surface area contributed by atoms with Gasteiger partial charge in [0.05, 0.1) is 0 Å². The van der Waals surface area contributed by atoms with E-state index in [1.807, 2.05) is 0 Å². The molecule has 0 spiro atoms. The van der Waals surface area contributed by atoms with Crippen LogP contribution in [-0.4, -0.2) is 29.4 Å². The fourth-order valence-corrected chi connectivity index (χ4v) is 3.11. The number of hydrogen-bond acceptors (Lipinski definition) is 5. The molecule has 8 heteroatoms. The summed E-state index contributed by atoms with van der Waals surface area (Å²) in [5, 5.41) is 8.44. The van der Waals surface area contributed by atoms with E-state index in [4.69, 9.17) is 16.3 Å². The van der Waals surface area contributed by atoms with Crippen LogP contribution in [0.4, 0.5) is 0 Å². The maximum absolute atomic E-state index is 12.2. The Labute approximate surface area is 148 Å². The number of rotatable bonds is 5. The summed E-state index contributed by atoms with van der Waals surface area (Å²) in [5.74, 6) is 0.196. The molecule has 0 aliphatic carbocycles. The second-order valence-electron chi connectivity index (χ2n) is 5.33. The number of hydrogen-bond donors (Lipinski definition) is 2. The molecule has 2 heterocycles. The topological polar surface area (TPSA) is 80.3 Å². The van der Waals surface area contributed by atoms with Crippen molar-refractivity contribution in [2.45, 2.75) is 25.5 Å². The van der Waals surface area contributed by atoms with E-state index in [1.165, 1.54) is 11.3 Å². The van der Waals surface area contributed by atoms with Gasteiger partial charge in [-0.1, -0.05) is 11.6 Å². The first-order valence-electron chi connectivity index (χ1n) is 7.53. The van der Waals surface area contributed by atoms with Gasteiger partial charge in [0.25, 0.3) is 5.91 Å². The first-order valence-corrected chi connectivity index (χ1v) is 8.79. The fraction of sp³-hybridized carbons (Fsp3) is 0.312. The Hall–Kier alpha value is -2.12. The van der Waals surface area contributed by atoms with Gasteiger partial charge in [-0.05, 0) is 37.1 Å². The van der Waals surface area contributed by atoms with Crippen molar-refractivity contribution >= 4 is 34.8 Å². The van der Waals surface area contributed by atoms with E-state index in [0.717, 1.165) is 6.42 Å². The predicted octanol–water partition coefficient (Wildman–Crippen LogP) is 2.38. The van der Waals surface area contributed by atoms with Crippen molar-refractivity contribution in [2.75, 3.05) is 6.54 Å². The molecule has 0 saturated carbocycles. The number of halogens is 1. The molecule has 2 aromatic rings. The lowest BCUT2D eigenvalue weighted by Gasteiger charge is -2.22. The second kappa shape index (κ2) is 7.63. The lowest BCUT2D eigenvalue weighted by atomic mass is 10.1. The maximum atomic E-state index is 12.2. The Kier molecular flexibility index (Phi) is 5.32. The van der Waals surface area contributed by atoms with Crippen molar-refractivity contribution in [3.8, 4) is 5.75 Å². The molecule has 2 amide bonds. The van der Waals surface area contributed by atoms with Crippen LogP contribution >= 0.6 is 22.9 Å². The second-order valence-corrected chi connectivity index (χ2v) is 6.71. The highest BCUT2D eigenvalue weighted by Gasteiger charge is 2.24. The molecule has 6 nitrogen and oxygen atoms in total. The van der Waals surface area contributed by atoms with Crippen molar-refractivity contribution in [2.24, 2.45) is 0 Å². The van der Waals surface area contributed by atoms with Gasteiger partial charge in [-0.3, -0.25) is 9.59 Å². The molecule has 3 rings (SSSR count). The Morgan fingerprint density at radius 3 is 2.96 bits per heavy atom. The Morgan fingerprint density at radius 1 is 1.42 bits per heavy atom. The molecule has 1 fully saturated rings. The Bertz CT molecular complexity index is 732. The summed E-state index contributed by atoms with van der Waals surface area (Å²) in [6.45, 7) is 0.928. The molecule has 1 aromatic carbocycles. The van der Waals surface area contributed by atoms with Crippen molar-refractivity contribution < 1.29 is 14.3 Å². The molecular weight excluding hydrogens is 350 g/mol. The van der Waals surface area contributed by atoms with E-state index in [2.05, 4.69) is 15.6 Å². The Balaban J connectivity index is 1.55. The number of nitrogens with one attached hydrogen (secondary N) is 2. The molecule has 24 heavy (non-hydrogen) atoms. The van der Waals surface area contributed by atoms with Gasteiger partial charge in [0.2, 0.25) is 5.91 Å². The van der Waals surface area contributed by atoms with Gasteiger partial charge < -0.3 is 15.4 Å². The van der Waals surface area contributed by atoms with Crippen LogP contribution in [0.5, 0.6) is 5.75 Å². The highest BCUT2D eigenvalue weighted by molar-refractivity contribution is 7.09. The minimum absolute atomic E-state index is 0.142. The third-order valence-electron chi connectivity index (χ3n) is 3.55. The molecule has 0 radical (unpaired) electrons. The number of piperidine rings is 1. The summed E-state index contributed by atoms with van der Waals surface area (Å²) in [7, 11) is 0. The first kappa shape index (κ1) is 16.7. The van der Waals surface area contributed by atoms with Crippen LogP contribution in [0.25, 0.3) is 0 Å². The molecule has 1 aromatic heterocycles. The van der Waals surface area contributed by atoms with E-state index >= 15 is 0 Å². The molecule has 2 N–H and O–H groups in total. The number of nitrogens with zero attached hydrogens (tertiary/aromatic N) is 1. The van der Waals surface area contributed by atoms with Crippen molar-refractivity contribution in [1.82, 2.24) is 15.6 Å². The van der Waals surface area contributed by atoms with Crippen LogP contribution in [0.3, 0.4) is 0 Å². The van der Waals surface area contributed by atoms with Gasteiger partial charge in [-0.2, -0.15) is 0 Å². The van der Waals surface area contributed by atoms with Crippen molar-refractivity contribution in [3.63, 3.8) is 0 Å². The number of ether oxygens (including phenoxy) is 1. The number of carbonyl (C=O) groups is 2. The van der Waals surface area contributed by atoms with Gasteiger partial charge in [0, 0.05) is 16.9 Å². The summed E-state index contributed by atoms with van der Waals surface area (Å²) in [5.41, 5.74) is 0.299. The van der Waals surface area contributed by atoms with Gasteiger partial charge >= 0.3 is 0 Å². The number of amides is 2. The summed E-state index contributed by atoms with van der Waals surface area (Å²) in [6, 6.07) is 6.54. The summed E-state index contributed by atoms with van der Waals surface area (Å²) < 4.78 is 5.60. The van der Waals surface area contributed by atoms with E-state index in [0.29, 0.717) is 34.4 Å². The van der Waals surface area contributed by atoms with Crippen molar-refractivity contribution in [1.29, 1.82) is 0 Å². The maximum Gasteiger partial charge on any atom is 0.271 e. The SMILES string of the molecule is O=C(N[C@H]1CCCNC1=O)c1csc(COc2ccc(Cl)cc2)n1. The van der Waals surface area contributed by atoms with Crippen LogP contribution in [0, 0.1) is 0 Å². The molecule has 1 aliphatic heterocycles. The van der Waals surface area contributed by atoms with Gasteiger partial charge in [-0.15, -0.1) is 11.3 Å². The zero-order valence-electron chi connectivity index (χ0n) is 12.8. The molecule has 1 aliphatic rings. The summed E-state index contributed by atoms with van der Waals surface area (Å²) in [6.07, 6.45) is 1.50. The minimum atomic E-state index is -0.485. The number of carbonyl (C=O) groups excluding carboxylic acids is 2. The zero-order valence-corrected chi connectivity index (χ0v) is 14.3. The van der Waals surface area contributed by atoms with E-state index in [-0.39, 0.29) is 18.4 Å².